The van der Waals surface area contributed by atoms with Gasteiger partial charge >= 0.3 is 0 Å². The number of benzene rings is 1. The standard InChI is InChI=1S/C22H29FN2O3/c23-18-7-9-19(10-8-18)25-16-22(28-14-21(25)27)11-4-12-24(15-22)20(26)13-17-5-2-1-3-6-17/h7-10,17H,1-6,11-16H2. The average molecular weight is 388 g/mol. The maximum absolute atomic E-state index is 13.3. The summed E-state index contributed by atoms with van der Waals surface area (Å²) in [6, 6.07) is 5.99. The fourth-order valence-corrected chi connectivity index (χ4v) is 4.90. The summed E-state index contributed by atoms with van der Waals surface area (Å²) in [5.41, 5.74) is 0.155. The van der Waals surface area contributed by atoms with Crippen LogP contribution in [-0.4, -0.2) is 48.6 Å². The molecule has 1 unspecified atom stereocenters. The Balaban J connectivity index is 1.43. The highest BCUT2D eigenvalue weighted by molar-refractivity contribution is 5.95. The van der Waals surface area contributed by atoms with Crippen LogP contribution in [0.5, 0.6) is 0 Å². The Bertz CT molecular complexity index is 717. The lowest BCUT2D eigenvalue weighted by atomic mass is 9.85. The molecule has 28 heavy (non-hydrogen) atoms. The monoisotopic (exact) mass is 388 g/mol. The number of nitrogens with zero attached hydrogens (tertiary/aromatic N) is 2. The summed E-state index contributed by atoms with van der Waals surface area (Å²) >= 11 is 0. The molecule has 3 aliphatic rings. The van der Waals surface area contributed by atoms with Gasteiger partial charge in [0.05, 0.1) is 13.1 Å². The summed E-state index contributed by atoms with van der Waals surface area (Å²) in [7, 11) is 0. The molecule has 0 radical (unpaired) electrons. The first-order valence-corrected chi connectivity index (χ1v) is 10.5. The lowest BCUT2D eigenvalue weighted by Gasteiger charge is -2.47. The number of ether oxygens (including phenoxy) is 1. The van der Waals surface area contributed by atoms with Crippen molar-refractivity contribution in [3.8, 4) is 0 Å². The minimum Gasteiger partial charge on any atom is -0.361 e. The fourth-order valence-electron chi connectivity index (χ4n) is 4.90. The topological polar surface area (TPSA) is 49.9 Å². The van der Waals surface area contributed by atoms with E-state index in [2.05, 4.69) is 0 Å². The first-order chi connectivity index (χ1) is 13.5. The molecule has 5 nitrogen and oxygen atoms in total. The number of carbonyl (C=O) groups is 2. The second kappa shape index (κ2) is 8.19. The van der Waals surface area contributed by atoms with Gasteiger partial charge in [0.2, 0.25) is 5.91 Å². The molecule has 1 aromatic carbocycles. The van der Waals surface area contributed by atoms with Crippen LogP contribution in [0.15, 0.2) is 24.3 Å². The molecule has 1 atom stereocenters. The normalized spacial score (nSPS) is 26.7. The maximum Gasteiger partial charge on any atom is 0.253 e. The fraction of sp³-hybridized carbons (Fsp3) is 0.636. The van der Waals surface area contributed by atoms with E-state index in [9.17, 15) is 14.0 Å². The first kappa shape index (κ1) is 19.4. The summed E-state index contributed by atoms with van der Waals surface area (Å²) in [4.78, 5) is 28.9. The number of piperidine rings is 1. The van der Waals surface area contributed by atoms with Crippen LogP contribution in [0.3, 0.4) is 0 Å². The Morgan fingerprint density at radius 2 is 1.86 bits per heavy atom. The van der Waals surface area contributed by atoms with E-state index in [1.54, 1.807) is 17.0 Å². The number of likely N-dealkylation sites (tertiary alicyclic amines) is 1. The predicted octanol–water partition coefficient (Wildman–Crippen LogP) is 3.52. The van der Waals surface area contributed by atoms with Crippen LogP contribution in [0, 0.1) is 11.7 Å². The van der Waals surface area contributed by atoms with E-state index in [1.807, 2.05) is 4.90 Å². The molecule has 2 amide bonds. The van der Waals surface area contributed by atoms with Crippen molar-refractivity contribution in [2.45, 2.75) is 57.0 Å². The Morgan fingerprint density at radius 1 is 1.11 bits per heavy atom. The number of amides is 2. The molecular weight excluding hydrogens is 359 g/mol. The van der Waals surface area contributed by atoms with Crippen molar-refractivity contribution in [1.29, 1.82) is 0 Å². The maximum atomic E-state index is 13.3. The Kier molecular flexibility index (Phi) is 5.67. The molecule has 2 heterocycles. The minimum atomic E-state index is -0.525. The van der Waals surface area contributed by atoms with Gasteiger partial charge in [0.15, 0.2) is 0 Å². The molecule has 1 aromatic rings. The zero-order chi connectivity index (χ0) is 19.6. The molecule has 1 aliphatic carbocycles. The molecule has 0 aromatic heterocycles. The van der Waals surface area contributed by atoms with E-state index in [-0.39, 0.29) is 24.2 Å². The zero-order valence-corrected chi connectivity index (χ0v) is 16.4. The van der Waals surface area contributed by atoms with Gasteiger partial charge < -0.3 is 14.5 Å². The second-order valence-corrected chi connectivity index (χ2v) is 8.55. The molecule has 4 rings (SSSR count). The molecule has 1 spiro atoms. The van der Waals surface area contributed by atoms with Gasteiger partial charge in [-0.1, -0.05) is 19.3 Å². The Labute approximate surface area is 165 Å². The van der Waals surface area contributed by atoms with Gasteiger partial charge in [0.1, 0.15) is 18.0 Å². The molecule has 6 heteroatoms. The summed E-state index contributed by atoms with van der Waals surface area (Å²) in [5, 5.41) is 0. The largest absolute Gasteiger partial charge is 0.361 e. The quantitative estimate of drug-likeness (QED) is 0.796. The number of morpholine rings is 1. The molecular formula is C22H29FN2O3. The molecule has 2 saturated heterocycles. The van der Waals surface area contributed by atoms with Gasteiger partial charge in [-0.15, -0.1) is 0 Å². The molecule has 0 N–H and O–H groups in total. The first-order valence-electron chi connectivity index (χ1n) is 10.5. The van der Waals surface area contributed by atoms with Crippen molar-refractivity contribution < 1.29 is 18.7 Å². The molecule has 152 valence electrons. The highest BCUT2D eigenvalue weighted by Gasteiger charge is 2.44. The van der Waals surface area contributed by atoms with Crippen LogP contribution in [0.4, 0.5) is 10.1 Å². The van der Waals surface area contributed by atoms with E-state index in [0.29, 0.717) is 31.1 Å². The number of hydrogen-bond donors (Lipinski definition) is 0. The SMILES string of the molecule is O=C(CC1CCCCC1)N1CCCC2(C1)CN(c1ccc(F)cc1)C(=O)CO2. The zero-order valence-electron chi connectivity index (χ0n) is 16.4. The smallest absolute Gasteiger partial charge is 0.253 e. The summed E-state index contributed by atoms with van der Waals surface area (Å²) in [5.74, 6) is 0.294. The van der Waals surface area contributed by atoms with E-state index >= 15 is 0 Å². The number of halogens is 1. The van der Waals surface area contributed by atoms with Crippen molar-refractivity contribution in [2.75, 3.05) is 31.1 Å². The molecule has 2 aliphatic heterocycles. The van der Waals surface area contributed by atoms with Crippen molar-refractivity contribution >= 4 is 17.5 Å². The Hall–Kier alpha value is -1.95. The average Bonchev–Trinajstić information content (AvgIpc) is 2.72. The van der Waals surface area contributed by atoms with Crippen LogP contribution < -0.4 is 4.90 Å². The third-order valence-corrected chi connectivity index (χ3v) is 6.47. The van der Waals surface area contributed by atoms with Crippen LogP contribution in [0.2, 0.25) is 0 Å². The number of rotatable bonds is 3. The van der Waals surface area contributed by atoms with Gasteiger partial charge in [-0.05, 0) is 55.9 Å². The highest BCUT2D eigenvalue weighted by Crippen LogP contribution is 2.33. The van der Waals surface area contributed by atoms with Crippen LogP contribution in [0.1, 0.15) is 51.4 Å². The van der Waals surface area contributed by atoms with E-state index < -0.39 is 5.60 Å². The van der Waals surface area contributed by atoms with Crippen LogP contribution in [-0.2, 0) is 14.3 Å². The highest BCUT2D eigenvalue weighted by atomic mass is 19.1. The number of carbonyl (C=O) groups excluding carboxylic acids is 2. The van der Waals surface area contributed by atoms with Crippen LogP contribution in [0.25, 0.3) is 0 Å². The van der Waals surface area contributed by atoms with E-state index in [4.69, 9.17) is 4.74 Å². The van der Waals surface area contributed by atoms with Crippen molar-refractivity contribution in [1.82, 2.24) is 4.90 Å². The van der Waals surface area contributed by atoms with Gasteiger partial charge in [0, 0.05) is 18.7 Å². The van der Waals surface area contributed by atoms with Crippen molar-refractivity contribution in [3.05, 3.63) is 30.1 Å². The number of anilines is 1. The van der Waals surface area contributed by atoms with Gasteiger partial charge in [-0.3, -0.25) is 9.59 Å². The third kappa shape index (κ3) is 4.22. The molecule has 1 saturated carbocycles. The molecule has 0 bridgehead atoms. The van der Waals surface area contributed by atoms with Gasteiger partial charge in [0.25, 0.3) is 5.91 Å². The van der Waals surface area contributed by atoms with E-state index in [0.717, 1.165) is 32.2 Å². The summed E-state index contributed by atoms with van der Waals surface area (Å²) in [6.07, 6.45) is 8.42. The summed E-state index contributed by atoms with van der Waals surface area (Å²) in [6.45, 7) is 1.71. The summed E-state index contributed by atoms with van der Waals surface area (Å²) < 4.78 is 19.3. The minimum absolute atomic E-state index is 0.00202. The van der Waals surface area contributed by atoms with E-state index in [1.165, 1.54) is 31.4 Å². The van der Waals surface area contributed by atoms with Gasteiger partial charge in [-0.25, -0.2) is 4.39 Å². The third-order valence-electron chi connectivity index (χ3n) is 6.47. The lowest BCUT2D eigenvalue weighted by molar-refractivity contribution is -0.154. The predicted molar refractivity (Wildman–Crippen MR) is 104 cm³/mol. The lowest BCUT2D eigenvalue weighted by Crippen LogP contribution is -2.62. The molecule has 3 fully saturated rings. The Morgan fingerprint density at radius 3 is 2.61 bits per heavy atom. The second-order valence-electron chi connectivity index (χ2n) is 8.55. The van der Waals surface area contributed by atoms with Crippen molar-refractivity contribution in [2.24, 2.45) is 5.92 Å². The number of hydrogen-bond acceptors (Lipinski definition) is 3. The van der Waals surface area contributed by atoms with Crippen LogP contribution >= 0.6 is 0 Å². The van der Waals surface area contributed by atoms with Crippen molar-refractivity contribution in [3.63, 3.8) is 0 Å². The van der Waals surface area contributed by atoms with Gasteiger partial charge in [-0.2, -0.15) is 0 Å².